The van der Waals surface area contributed by atoms with E-state index < -0.39 is 5.97 Å². The lowest BCUT2D eigenvalue weighted by molar-refractivity contribution is -0.138. The van der Waals surface area contributed by atoms with E-state index in [2.05, 4.69) is 26.6 Å². The van der Waals surface area contributed by atoms with Gasteiger partial charge in [0.05, 0.1) is 5.69 Å². The molecule has 5 nitrogen and oxygen atoms in total. The van der Waals surface area contributed by atoms with Crippen molar-refractivity contribution in [2.75, 3.05) is 11.9 Å². The Bertz CT molecular complexity index is 451. The minimum absolute atomic E-state index is 0.0533. The number of benzene rings is 1. The number of amides is 2. The van der Waals surface area contributed by atoms with E-state index in [-0.39, 0.29) is 18.4 Å². The summed E-state index contributed by atoms with van der Waals surface area (Å²) in [5.41, 5.74) is 0.672. The maximum Gasteiger partial charge on any atom is 0.319 e. The number of anilines is 1. The van der Waals surface area contributed by atoms with Gasteiger partial charge in [-0.05, 0) is 34.0 Å². The third-order valence-electron chi connectivity index (χ3n) is 2.71. The summed E-state index contributed by atoms with van der Waals surface area (Å²) in [6.45, 7) is 2.25. The summed E-state index contributed by atoms with van der Waals surface area (Å²) in [6.07, 6.45) is 0.771. The summed E-state index contributed by atoms with van der Waals surface area (Å²) in [5, 5.41) is 14.1. The van der Waals surface area contributed by atoms with Gasteiger partial charge in [0.1, 0.15) is 0 Å². The summed E-state index contributed by atoms with van der Waals surface area (Å²) in [5.74, 6) is -0.901. The fraction of sp³-hybridized carbons (Fsp3) is 0.385. The minimum Gasteiger partial charge on any atom is -0.481 e. The number of nitrogens with one attached hydrogen (secondary N) is 2. The molecule has 1 unspecified atom stereocenters. The Morgan fingerprint density at radius 2 is 2.05 bits per heavy atom. The van der Waals surface area contributed by atoms with E-state index in [0.29, 0.717) is 18.7 Å². The van der Waals surface area contributed by atoms with E-state index in [1.807, 2.05) is 25.1 Å². The second kappa shape index (κ2) is 7.78. The van der Waals surface area contributed by atoms with Crippen LogP contribution in [-0.2, 0) is 4.79 Å². The lowest BCUT2D eigenvalue weighted by Crippen LogP contribution is -2.33. The van der Waals surface area contributed by atoms with Gasteiger partial charge in [0.25, 0.3) is 0 Å². The van der Waals surface area contributed by atoms with Crippen LogP contribution in [0.5, 0.6) is 0 Å². The Morgan fingerprint density at radius 3 is 2.63 bits per heavy atom. The van der Waals surface area contributed by atoms with Gasteiger partial charge < -0.3 is 15.7 Å². The fourth-order valence-electron chi connectivity index (χ4n) is 1.57. The predicted octanol–water partition coefficient (Wildman–Crippen LogP) is 3.07. The minimum atomic E-state index is -0.847. The molecule has 6 heteroatoms. The van der Waals surface area contributed by atoms with Crippen molar-refractivity contribution < 1.29 is 14.7 Å². The second-order valence-electron chi connectivity index (χ2n) is 4.19. The zero-order chi connectivity index (χ0) is 14.3. The molecule has 1 atom stereocenters. The molecule has 0 radical (unpaired) electrons. The number of carboxylic acid groups (broad SMARTS) is 1. The van der Waals surface area contributed by atoms with Crippen LogP contribution in [0.4, 0.5) is 10.5 Å². The van der Waals surface area contributed by atoms with Gasteiger partial charge in [0.15, 0.2) is 0 Å². The first-order valence-corrected chi connectivity index (χ1v) is 6.83. The van der Waals surface area contributed by atoms with Crippen molar-refractivity contribution in [3.05, 3.63) is 28.7 Å². The molecule has 2 amide bonds. The molecule has 19 heavy (non-hydrogen) atoms. The van der Waals surface area contributed by atoms with Crippen molar-refractivity contribution in [3.8, 4) is 0 Å². The van der Waals surface area contributed by atoms with Crippen LogP contribution in [0.25, 0.3) is 0 Å². The van der Waals surface area contributed by atoms with E-state index in [1.54, 1.807) is 6.07 Å². The van der Waals surface area contributed by atoms with Crippen molar-refractivity contribution in [2.45, 2.75) is 19.8 Å². The molecule has 1 aromatic rings. The van der Waals surface area contributed by atoms with Crippen molar-refractivity contribution in [1.82, 2.24) is 5.32 Å². The van der Waals surface area contributed by atoms with Gasteiger partial charge in [0, 0.05) is 17.4 Å². The third kappa shape index (κ3) is 5.74. The molecule has 0 bridgehead atoms. The van der Waals surface area contributed by atoms with Crippen LogP contribution in [0.1, 0.15) is 19.8 Å². The molecule has 1 rings (SSSR count). The van der Waals surface area contributed by atoms with Gasteiger partial charge in [-0.15, -0.1) is 0 Å². The highest BCUT2D eigenvalue weighted by atomic mass is 79.9. The van der Waals surface area contributed by atoms with E-state index in [9.17, 15) is 9.59 Å². The Hall–Kier alpha value is -1.56. The van der Waals surface area contributed by atoms with Crippen LogP contribution in [0.15, 0.2) is 28.7 Å². The Kier molecular flexibility index (Phi) is 6.35. The molecule has 3 N–H and O–H groups in total. The summed E-state index contributed by atoms with van der Waals surface area (Å²) in [7, 11) is 0. The maximum atomic E-state index is 11.7. The summed E-state index contributed by atoms with van der Waals surface area (Å²) >= 11 is 3.33. The lowest BCUT2D eigenvalue weighted by atomic mass is 10.0. The molecule has 0 aliphatic heterocycles. The first-order valence-electron chi connectivity index (χ1n) is 6.04. The largest absolute Gasteiger partial charge is 0.481 e. The normalized spacial score (nSPS) is 11.7. The van der Waals surface area contributed by atoms with Crippen LogP contribution >= 0.6 is 15.9 Å². The zero-order valence-corrected chi connectivity index (χ0v) is 12.2. The van der Waals surface area contributed by atoms with Crippen molar-refractivity contribution in [1.29, 1.82) is 0 Å². The van der Waals surface area contributed by atoms with E-state index in [4.69, 9.17) is 5.11 Å². The molecule has 0 aliphatic rings. The highest BCUT2D eigenvalue weighted by Gasteiger charge is 2.12. The maximum absolute atomic E-state index is 11.7. The average molecular weight is 329 g/mol. The monoisotopic (exact) mass is 328 g/mol. The molecule has 1 aromatic carbocycles. The molecule has 0 spiro atoms. The number of hydrogen-bond acceptors (Lipinski definition) is 2. The van der Waals surface area contributed by atoms with Gasteiger partial charge in [-0.1, -0.05) is 25.5 Å². The molecule has 0 aromatic heterocycles. The van der Waals surface area contributed by atoms with Gasteiger partial charge in [-0.2, -0.15) is 0 Å². The lowest BCUT2D eigenvalue weighted by Gasteiger charge is -2.14. The third-order valence-corrected chi connectivity index (χ3v) is 3.41. The summed E-state index contributed by atoms with van der Waals surface area (Å²) in [4.78, 5) is 22.3. The molecule has 0 saturated carbocycles. The van der Waals surface area contributed by atoms with Crippen LogP contribution < -0.4 is 10.6 Å². The van der Waals surface area contributed by atoms with Gasteiger partial charge in [-0.3, -0.25) is 4.79 Å². The Balaban J connectivity index is 2.43. The number of rotatable bonds is 6. The number of para-hydroxylation sites is 1. The molecular formula is C13H17BrN2O3. The molecule has 0 heterocycles. The second-order valence-corrected chi connectivity index (χ2v) is 5.04. The van der Waals surface area contributed by atoms with E-state index in [1.165, 1.54) is 0 Å². The fourth-order valence-corrected chi connectivity index (χ4v) is 1.96. The number of aliphatic carboxylic acids is 1. The first kappa shape index (κ1) is 15.5. The van der Waals surface area contributed by atoms with Crippen molar-refractivity contribution in [3.63, 3.8) is 0 Å². The molecule has 0 fully saturated rings. The Morgan fingerprint density at radius 1 is 1.37 bits per heavy atom. The quantitative estimate of drug-likeness (QED) is 0.750. The van der Waals surface area contributed by atoms with Crippen LogP contribution in [-0.4, -0.2) is 23.7 Å². The molecular weight excluding hydrogens is 312 g/mol. The number of urea groups is 1. The Labute approximate surface area is 120 Å². The standard InChI is InChI=1S/C13H17BrN2O3/c1-2-9(7-12(17)18)8-15-13(19)16-11-6-4-3-5-10(11)14/h3-6,9H,2,7-8H2,1H3,(H,17,18)(H2,15,16,19). The number of halogens is 1. The van der Waals surface area contributed by atoms with E-state index in [0.717, 1.165) is 4.47 Å². The van der Waals surface area contributed by atoms with Crippen molar-refractivity contribution >= 4 is 33.6 Å². The van der Waals surface area contributed by atoms with Crippen LogP contribution in [0, 0.1) is 5.92 Å². The van der Waals surface area contributed by atoms with Crippen molar-refractivity contribution in [2.24, 2.45) is 5.92 Å². The average Bonchev–Trinajstić information content (AvgIpc) is 2.37. The first-order chi connectivity index (χ1) is 9.02. The predicted molar refractivity (Wildman–Crippen MR) is 77.2 cm³/mol. The number of carbonyl (C=O) groups excluding carboxylic acids is 1. The number of carbonyl (C=O) groups is 2. The van der Waals surface area contributed by atoms with Gasteiger partial charge in [0.2, 0.25) is 0 Å². The van der Waals surface area contributed by atoms with Crippen LogP contribution in [0.2, 0.25) is 0 Å². The molecule has 0 aliphatic carbocycles. The molecule has 104 valence electrons. The SMILES string of the molecule is CCC(CNC(=O)Nc1ccccc1Br)CC(=O)O. The summed E-state index contributed by atoms with van der Waals surface area (Å²) in [6, 6.07) is 6.94. The van der Waals surface area contributed by atoms with Gasteiger partial charge in [-0.25, -0.2) is 4.79 Å². The topological polar surface area (TPSA) is 78.4 Å². The van der Waals surface area contributed by atoms with Gasteiger partial charge >= 0.3 is 12.0 Å². The smallest absolute Gasteiger partial charge is 0.319 e. The molecule has 0 saturated heterocycles. The van der Waals surface area contributed by atoms with E-state index >= 15 is 0 Å². The summed E-state index contributed by atoms with van der Waals surface area (Å²) < 4.78 is 0.794. The number of hydrogen-bond donors (Lipinski definition) is 3. The highest BCUT2D eigenvalue weighted by Crippen LogP contribution is 2.20. The zero-order valence-electron chi connectivity index (χ0n) is 10.6. The van der Waals surface area contributed by atoms with Crippen LogP contribution in [0.3, 0.4) is 0 Å². The highest BCUT2D eigenvalue weighted by molar-refractivity contribution is 9.10. The number of carboxylic acids is 1.